The number of nitrogens with zero attached hydrogens (tertiary/aromatic N) is 2. The van der Waals surface area contributed by atoms with E-state index >= 15 is 0 Å². The molecule has 0 radical (unpaired) electrons. The number of carbonyl (C=O) groups is 2. The minimum Gasteiger partial charge on any atom is -0.465 e. The summed E-state index contributed by atoms with van der Waals surface area (Å²) in [6.07, 6.45) is 3.54. The van der Waals surface area contributed by atoms with Gasteiger partial charge in [-0.3, -0.25) is 4.79 Å². The van der Waals surface area contributed by atoms with Crippen LogP contribution in [0.4, 0.5) is 5.82 Å². The van der Waals surface area contributed by atoms with Crippen LogP contribution in [0.3, 0.4) is 0 Å². The average Bonchev–Trinajstić information content (AvgIpc) is 3.04. The molecule has 0 saturated heterocycles. The molecule has 1 aliphatic carbocycles. The summed E-state index contributed by atoms with van der Waals surface area (Å²) in [5.74, 6) is 0.199. The normalized spacial score (nSPS) is 19.1. The number of fused-ring (bicyclic) bond motifs is 1. The number of Topliss-reactive ketones (excluding diaryl/α,β-unsaturated/α-hetero) is 1. The van der Waals surface area contributed by atoms with E-state index in [0.29, 0.717) is 28.4 Å². The van der Waals surface area contributed by atoms with Crippen LogP contribution in [0.25, 0.3) is 0 Å². The van der Waals surface area contributed by atoms with Crippen molar-refractivity contribution in [2.45, 2.75) is 25.3 Å². The molecule has 1 unspecified atom stereocenters. The summed E-state index contributed by atoms with van der Waals surface area (Å²) in [6, 6.07) is 6.96. The largest absolute Gasteiger partial charge is 0.465 e. The van der Waals surface area contributed by atoms with Gasteiger partial charge in [0.1, 0.15) is 17.4 Å². The van der Waals surface area contributed by atoms with Gasteiger partial charge in [0.2, 0.25) is 0 Å². The zero-order chi connectivity index (χ0) is 17.6. The molecular weight excluding hydrogens is 342 g/mol. The highest BCUT2D eigenvalue weighted by atomic mass is 35.5. The summed E-state index contributed by atoms with van der Waals surface area (Å²) in [4.78, 5) is 24.7. The number of hydrogen-bond acceptors (Lipinski definition) is 5. The maximum Gasteiger partial charge on any atom is 0.343 e. The summed E-state index contributed by atoms with van der Waals surface area (Å²) >= 11 is 6.01. The van der Waals surface area contributed by atoms with Crippen LogP contribution in [-0.2, 0) is 9.53 Å². The van der Waals surface area contributed by atoms with Crippen molar-refractivity contribution in [3.05, 3.63) is 57.9 Å². The Labute approximate surface area is 149 Å². The molecule has 6 nitrogen and oxygen atoms in total. The predicted molar refractivity (Wildman–Crippen MR) is 92.7 cm³/mol. The number of allylic oxidation sites excluding steroid dienone is 2. The van der Waals surface area contributed by atoms with Gasteiger partial charge < -0.3 is 10.1 Å². The van der Waals surface area contributed by atoms with Gasteiger partial charge in [0.25, 0.3) is 0 Å². The van der Waals surface area contributed by atoms with E-state index in [1.54, 1.807) is 16.8 Å². The van der Waals surface area contributed by atoms with Gasteiger partial charge in [-0.2, -0.15) is 5.10 Å². The van der Waals surface area contributed by atoms with Crippen LogP contribution in [0.5, 0.6) is 0 Å². The van der Waals surface area contributed by atoms with E-state index in [9.17, 15) is 9.59 Å². The van der Waals surface area contributed by atoms with E-state index in [2.05, 4.69) is 10.4 Å². The van der Waals surface area contributed by atoms with Gasteiger partial charge >= 0.3 is 5.97 Å². The number of aromatic nitrogens is 2. The van der Waals surface area contributed by atoms with Crippen LogP contribution in [0.1, 0.15) is 41.2 Å². The summed E-state index contributed by atoms with van der Waals surface area (Å²) in [7, 11) is 1.33. The van der Waals surface area contributed by atoms with Crippen molar-refractivity contribution in [1.29, 1.82) is 0 Å². The van der Waals surface area contributed by atoms with E-state index in [4.69, 9.17) is 16.3 Å². The topological polar surface area (TPSA) is 73.2 Å². The fourth-order valence-corrected chi connectivity index (χ4v) is 3.60. The van der Waals surface area contributed by atoms with E-state index in [0.717, 1.165) is 24.1 Å². The molecule has 1 atom stereocenters. The summed E-state index contributed by atoms with van der Waals surface area (Å²) in [5.41, 5.74) is 2.82. The van der Waals surface area contributed by atoms with Gasteiger partial charge in [0.05, 0.1) is 13.3 Å². The number of esters is 1. The Kier molecular flexibility index (Phi) is 3.84. The second-order valence-corrected chi connectivity index (χ2v) is 6.53. The second-order valence-electron chi connectivity index (χ2n) is 6.09. The van der Waals surface area contributed by atoms with Crippen LogP contribution < -0.4 is 5.32 Å². The maximum absolute atomic E-state index is 12.6. The Morgan fingerprint density at radius 3 is 2.80 bits per heavy atom. The average molecular weight is 358 g/mol. The summed E-state index contributed by atoms with van der Waals surface area (Å²) < 4.78 is 6.52. The van der Waals surface area contributed by atoms with Crippen molar-refractivity contribution in [2.24, 2.45) is 0 Å². The molecular formula is C18H16ClN3O3. The molecule has 7 heteroatoms. The van der Waals surface area contributed by atoms with Gasteiger partial charge in [0.15, 0.2) is 5.78 Å². The molecule has 128 valence electrons. The maximum atomic E-state index is 12.6. The number of rotatable bonds is 2. The summed E-state index contributed by atoms with van der Waals surface area (Å²) in [5, 5.41) is 8.23. The van der Waals surface area contributed by atoms with Crippen LogP contribution in [0.15, 0.2) is 41.7 Å². The van der Waals surface area contributed by atoms with Crippen molar-refractivity contribution in [2.75, 3.05) is 12.4 Å². The minimum atomic E-state index is -0.463. The first kappa shape index (κ1) is 15.9. The molecule has 4 rings (SSSR count). The Morgan fingerprint density at radius 1 is 1.32 bits per heavy atom. The lowest BCUT2D eigenvalue weighted by atomic mass is 9.85. The van der Waals surface area contributed by atoms with E-state index in [1.807, 2.05) is 12.1 Å². The molecule has 2 aromatic rings. The smallest absolute Gasteiger partial charge is 0.343 e. The number of hydrogen-bond donors (Lipinski definition) is 1. The number of halogens is 1. The number of anilines is 1. The van der Waals surface area contributed by atoms with Crippen LogP contribution in [0, 0.1) is 0 Å². The molecule has 2 heterocycles. The first-order valence-corrected chi connectivity index (χ1v) is 8.42. The molecule has 0 amide bonds. The molecule has 0 fully saturated rings. The first-order valence-electron chi connectivity index (χ1n) is 8.04. The quantitative estimate of drug-likeness (QED) is 0.834. The standard InChI is InChI=1S/C18H16ClN3O3/c1-25-18(24)12-9-20-22-16(10-5-7-11(19)8-6-10)15-13(21-17(12)22)3-2-4-14(15)23/h5-9,16,21H,2-4H2,1H3. The van der Waals surface area contributed by atoms with Crippen LogP contribution in [-0.4, -0.2) is 28.6 Å². The van der Waals surface area contributed by atoms with Gasteiger partial charge in [-0.25, -0.2) is 9.48 Å². The minimum absolute atomic E-state index is 0.106. The monoisotopic (exact) mass is 357 g/mol. The first-order chi connectivity index (χ1) is 12.1. The van der Waals surface area contributed by atoms with Crippen molar-refractivity contribution in [3.8, 4) is 0 Å². The molecule has 0 saturated carbocycles. The number of nitrogens with one attached hydrogen (secondary N) is 1. The third kappa shape index (κ3) is 2.53. The number of ether oxygens (including phenoxy) is 1. The fourth-order valence-electron chi connectivity index (χ4n) is 3.47. The van der Waals surface area contributed by atoms with Gasteiger partial charge in [-0.15, -0.1) is 0 Å². The predicted octanol–water partition coefficient (Wildman–Crippen LogP) is 3.35. The SMILES string of the molecule is COC(=O)c1cnn2c1NC1=C(C(=O)CCC1)C2c1ccc(Cl)cc1. The molecule has 1 N–H and O–H groups in total. The lowest BCUT2D eigenvalue weighted by molar-refractivity contribution is -0.116. The molecule has 1 aromatic heterocycles. The summed E-state index contributed by atoms with van der Waals surface area (Å²) in [6.45, 7) is 0. The highest BCUT2D eigenvalue weighted by molar-refractivity contribution is 6.30. The van der Waals surface area contributed by atoms with Crippen molar-refractivity contribution in [3.63, 3.8) is 0 Å². The van der Waals surface area contributed by atoms with E-state index in [-0.39, 0.29) is 11.8 Å². The van der Waals surface area contributed by atoms with Crippen molar-refractivity contribution >= 4 is 29.2 Å². The third-order valence-electron chi connectivity index (χ3n) is 4.63. The van der Waals surface area contributed by atoms with Gasteiger partial charge in [-0.1, -0.05) is 23.7 Å². The van der Waals surface area contributed by atoms with Crippen molar-refractivity contribution < 1.29 is 14.3 Å². The van der Waals surface area contributed by atoms with Crippen molar-refractivity contribution in [1.82, 2.24) is 9.78 Å². The van der Waals surface area contributed by atoms with E-state index in [1.165, 1.54) is 13.3 Å². The highest BCUT2D eigenvalue weighted by Crippen LogP contribution is 2.41. The van der Waals surface area contributed by atoms with E-state index < -0.39 is 5.97 Å². The molecule has 0 spiro atoms. The van der Waals surface area contributed by atoms with Crippen LogP contribution in [0.2, 0.25) is 5.02 Å². The number of ketones is 1. The Hall–Kier alpha value is -2.60. The molecule has 25 heavy (non-hydrogen) atoms. The highest BCUT2D eigenvalue weighted by Gasteiger charge is 2.37. The Bertz CT molecular complexity index is 899. The molecule has 1 aromatic carbocycles. The lowest BCUT2D eigenvalue weighted by Crippen LogP contribution is -2.31. The molecule has 0 bridgehead atoms. The van der Waals surface area contributed by atoms with Crippen LogP contribution >= 0.6 is 11.6 Å². The Morgan fingerprint density at radius 2 is 2.08 bits per heavy atom. The van der Waals surface area contributed by atoms with Gasteiger partial charge in [-0.05, 0) is 30.5 Å². The lowest BCUT2D eigenvalue weighted by Gasteiger charge is -2.33. The molecule has 1 aliphatic heterocycles. The third-order valence-corrected chi connectivity index (χ3v) is 4.88. The van der Waals surface area contributed by atoms with Gasteiger partial charge in [0, 0.05) is 22.7 Å². The fraction of sp³-hybridized carbons (Fsp3) is 0.278. The number of benzene rings is 1. The second kappa shape index (κ2) is 6.04. The zero-order valence-electron chi connectivity index (χ0n) is 13.6. The zero-order valence-corrected chi connectivity index (χ0v) is 14.3. The Balaban J connectivity index is 1.91. The number of carbonyl (C=O) groups excluding carboxylic acids is 2. The number of methoxy groups -OCH3 is 1. The molecule has 2 aliphatic rings.